The molecule has 1 aliphatic heterocycles. The third kappa shape index (κ3) is 3.00. The Morgan fingerprint density at radius 3 is 2.73 bits per heavy atom. The minimum absolute atomic E-state index is 0.232. The number of aliphatic hydroxyl groups is 1. The number of amidine groups is 1. The molecule has 0 saturated carbocycles. The average Bonchev–Trinajstić information content (AvgIpc) is 3.02. The van der Waals surface area contributed by atoms with E-state index in [-0.39, 0.29) is 5.76 Å². The fourth-order valence-electron chi connectivity index (χ4n) is 2.43. The molecule has 2 aromatic rings. The van der Waals surface area contributed by atoms with Crippen molar-refractivity contribution < 1.29 is 5.11 Å². The zero-order chi connectivity index (χ0) is 15.7. The van der Waals surface area contributed by atoms with E-state index in [0.717, 1.165) is 22.7 Å². The molecule has 0 bridgehead atoms. The molecule has 0 atom stereocenters. The summed E-state index contributed by atoms with van der Waals surface area (Å²) in [4.78, 5) is 6.25. The van der Waals surface area contributed by atoms with Crippen LogP contribution in [-0.4, -0.2) is 33.9 Å². The molecule has 4 nitrogen and oxygen atoms in total. The molecule has 6 heteroatoms. The van der Waals surface area contributed by atoms with Crippen LogP contribution in [0.15, 0.2) is 35.4 Å². The summed E-state index contributed by atoms with van der Waals surface area (Å²) in [7, 11) is 0. The van der Waals surface area contributed by atoms with Gasteiger partial charge in [-0.3, -0.25) is 5.41 Å². The normalized spacial score (nSPS) is 15.0. The van der Waals surface area contributed by atoms with Crippen molar-refractivity contribution >= 4 is 34.3 Å². The zero-order valence-corrected chi connectivity index (χ0v) is 13.7. The number of nitrogens with one attached hydrogen (secondary N) is 1. The Hall–Kier alpha value is -1.85. The van der Waals surface area contributed by atoms with Crippen LogP contribution in [0.3, 0.4) is 0 Å². The van der Waals surface area contributed by atoms with E-state index in [1.807, 2.05) is 41.5 Å². The second-order valence-corrected chi connectivity index (χ2v) is 6.56. The number of halogens is 1. The molecule has 1 aromatic heterocycles. The highest BCUT2D eigenvalue weighted by atomic mass is 35.5. The summed E-state index contributed by atoms with van der Waals surface area (Å²) in [5.74, 6) is 0.580. The molecular weight excluding hydrogens is 318 g/mol. The van der Waals surface area contributed by atoms with E-state index in [4.69, 9.17) is 17.0 Å². The molecule has 3 rings (SSSR count). The van der Waals surface area contributed by atoms with Crippen molar-refractivity contribution in [2.24, 2.45) is 0 Å². The number of rotatable bonds is 4. The Labute approximate surface area is 138 Å². The summed E-state index contributed by atoms with van der Waals surface area (Å²) >= 11 is 7.34. The summed E-state index contributed by atoms with van der Waals surface area (Å²) < 4.78 is 0. The summed E-state index contributed by atoms with van der Waals surface area (Å²) in [6.45, 7) is 2.97. The van der Waals surface area contributed by atoms with Crippen LogP contribution >= 0.6 is 22.9 Å². The fourth-order valence-corrected chi connectivity index (χ4v) is 3.42. The van der Waals surface area contributed by atoms with Crippen molar-refractivity contribution in [3.63, 3.8) is 0 Å². The van der Waals surface area contributed by atoms with Gasteiger partial charge in [-0.25, -0.2) is 4.98 Å². The Morgan fingerprint density at radius 1 is 1.36 bits per heavy atom. The van der Waals surface area contributed by atoms with Gasteiger partial charge in [0.2, 0.25) is 0 Å². The topological polar surface area (TPSA) is 60.2 Å². The largest absolute Gasteiger partial charge is 0.510 e. The molecule has 0 unspecified atom stereocenters. The van der Waals surface area contributed by atoms with Gasteiger partial charge in [0.05, 0.1) is 12.1 Å². The summed E-state index contributed by atoms with van der Waals surface area (Å²) in [5, 5.41) is 21.8. The maximum absolute atomic E-state index is 10.2. The third-order valence-corrected chi connectivity index (χ3v) is 4.83. The molecule has 0 fully saturated rings. The number of nitrogens with zero attached hydrogens (tertiary/aromatic N) is 2. The number of thiazole rings is 1. The van der Waals surface area contributed by atoms with Crippen LogP contribution in [0.5, 0.6) is 0 Å². The van der Waals surface area contributed by atoms with Crippen molar-refractivity contribution in [1.29, 1.82) is 5.41 Å². The van der Waals surface area contributed by atoms with Crippen molar-refractivity contribution in [3.05, 3.63) is 56.7 Å². The lowest BCUT2D eigenvalue weighted by Crippen LogP contribution is -2.28. The van der Waals surface area contributed by atoms with Crippen molar-refractivity contribution in [3.8, 4) is 0 Å². The van der Waals surface area contributed by atoms with Gasteiger partial charge in [-0.1, -0.05) is 23.7 Å². The smallest absolute Gasteiger partial charge is 0.135 e. The van der Waals surface area contributed by atoms with Crippen molar-refractivity contribution in [1.82, 2.24) is 9.88 Å². The maximum atomic E-state index is 10.2. The van der Waals surface area contributed by atoms with Crippen molar-refractivity contribution in [2.45, 2.75) is 13.3 Å². The Kier molecular flexibility index (Phi) is 4.18. The van der Waals surface area contributed by atoms with Crippen LogP contribution in [0.4, 0.5) is 0 Å². The standard InChI is InChI=1S/C16H16ClN3OS/c1-10-9-22-16(19-10)14-13(21)8-20(15(14)18)7-6-11-2-4-12(17)5-3-11/h2-5,9,18,21H,6-8H2,1H3. The van der Waals surface area contributed by atoms with Gasteiger partial charge in [0.1, 0.15) is 16.6 Å². The number of hydrogen-bond acceptors (Lipinski definition) is 4. The minimum Gasteiger partial charge on any atom is -0.510 e. The zero-order valence-electron chi connectivity index (χ0n) is 12.1. The van der Waals surface area contributed by atoms with E-state index < -0.39 is 0 Å². The lowest BCUT2D eigenvalue weighted by Gasteiger charge is -2.18. The molecule has 0 amide bonds. The molecular formula is C16H16ClN3OS. The van der Waals surface area contributed by atoms with E-state index in [2.05, 4.69) is 4.98 Å². The molecule has 2 N–H and O–H groups in total. The summed E-state index contributed by atoms with van der Waals surface area (Å²) in [5.41, 5.74) is 2.64. The fraction of sp³-hybridized carbons (Fsp3) is 0.250. The van der Waals surface area contributed by atoms with Gasteiger partial charge < -0.3 is 10.0 Å². The molecule has 1 aromatic carbocycles. The highest BCUT2D eigenvalue weighted by Gasteiger charge is 2.29. The number of aromatic nitrogens is 1. The minimum atomic E-state index is 0.232. The van der Waals surface area contributed by atoms with Crippen LogP contribution in [-0.2, 0) is 6.42 Å². The Morgan fingerprint density at radius 2 is 2.09 bits per heavy atom. The number of aliphatic hydroxyl groups excluding tert-OH is 1. The van der Waals surface area contributed by atoms with Crippen LogP contribution in [0.2, 0.25) is 5.02 Å². The summed E-state index contributed by atoms with van der Waals surface area (Å²) in [6, 6.07) is 7.71. The molecule has 1 aliphatic rings. The quantitative estimate of drug-likeness (QED) is 0.891. The van der Waals surface area contributed by atoms with Crippen LogP contribution < -0.4 is 0 Å². The van der Waals surface area contributed by atoms with E-state index in [0.29, 0.717) is 29.5 Å². The van der Waals surface area contributed by atoms with Crippen LogP contribution in [0, 0.1) is 12.3 Å². The predicted molar refractivity (Wildman–Crippen MR) is 90.9 cm³/mol. The lowest BCUT2D eigenvalue weighted by molar-refractivity contribution is 0.351. The van der Waals surface area contributed by atoms with Crippen molar-refractivity contribution in [2.75, 3.05) is 13.1 Å². The SMILES string of the molecule is Cc1csc(C2=C(O)CN(CCc3ccc(Cl)cc3)C2=N)n1. The lowest BCUT2D eigenvalue weighted by atomic mass is 10.1. The maximum Gasteiger partial charge on any atom is 0.135 e. The second-order valence-electron chi connectivity index (χ2n) is 5.26. The number of hydrogen-bond donors (Lipinski definition) is 2. The van der Waals surface area contributed by atoms with Gasteiger partial charge in [-0.15, -0.1) is 11.3 Å². The van der Waals surface area contributed by atoms with E-state index in [9.17, 15) is 5.11 Å². The number of benzene rings is 1. The van der Waals surface area contributed by atoms with E-state index >= 15 is 0 Å². The molecule has 0 spiro atoms. The third-order valence-electron chi connectivity index (χ3n) is 3.60. The average molecular weight is 334 g/mol. The highest BCUT2D eigenvalue weighted by Crippen LogP contribution is 2.29. The molecule has 22 heavy (non-hydrogen) atoms. The predicted octanol–water partition coefficient (Wildman–Crippen LogP) is 3.91. The van der Waals surface area contributed by atoms with Gasteiger partial charge >= 0.3 is 0 Å². The molecule has 114 valence electrons. The first kappa shape index (κ1) is 15.1. The Balaban J connectivity index is 1.68. The highest BCUT2D eigenvalue weighted by molar-refractivity contribution is 7.11. The van der Waals surface area contributed by atoms with Gasteiger partial charge in [0.15, 0.2) is 0 Å². The van der Waals surface area contributed by atoms with Crippen LogP contribution in [0.1, 0.15) is 16.3 Å². The van der Waals surface area contributed by atoms with Gasteiger partial charge in [0.25, 0.3) is 0 Å². The van der Waals surface area contributed by atoms with Gasteiger partial charge in [-0.05, 0) is 31.0 Å². The van der Waals surface area contributed by atoms with Gasteiger partial charge in [-0.2, -0.15) is 0 Å². The Bertz CT molecular complexity index is 736. The van der Waals surface area contributed by atoms with Gasteiger partial charge in [0, 0.05) is 22.6 Å². The number of aryl methyl sites for hydroxylation is 1. The van der Waals surface area contributed by atoms with E-state index in [1.54, 1.807) is 0 Å². The second kappa shape index (κ2) is 6.10. The molecule has 2 heterocycles. The van der Waals surface area contributed by atoms with E-state index in [1.165, 1.54) is 11.3 Å². The summed E-state index contributed by atoms with van der Waals surface area (Å²) in [6.07, 6.45) is 0.803. The molecule has 0 radical (unpaired) electrons. The molecule has 0 saturated heterocycles. The first-order chi connectivity index (χ1) is 10.5. The first-order valence-corrected chi connectivity index (χ1v) is 8.23. The van der Waals surface area contributed by atoms with Crippen LogP contribution in [0.25, 0.3) is 5.57 Å². The monoisotopic (exact) mass is 333 g/mol. The molecule has 0 aliphatic carbocycles. The first-order valence-electron chi connectivity index (χ1n) is 6.97.